The molecule has 0 radical (unpaired) electrons. The second kappa shape index (κ2) is 11.5. The lowest BCUT2D eigenvalue weighted by molar-refractivity contribution is -0.0312. The fraction of sp³-hybridized carbons (Fsp3) is 0.524. The number of nitrogens with two attached hydrogens (primary N) is 1. The van der Waals surface area contributed by atoms with Crippen LogP contribution in [0.1, 0.15) is 18.0 Å². The SMILES string of the molecule is Nc1nc2c(nnn2[C@@H]2S[C@H](CO)[C@@H](F)[C@H]2OP(=O)(S)OCC[C@H]2O[C@@H](n3ccc4c(=O)[nH]cnc43)[C@@H](F)[C@@H]2O)c(=O)[nH]1. The van der Waals surface area contributed by atoms with Gasteiger partial charge in [0.25, 0.3) is 11.1 Å². The number of aliphatic hydroxyl groups excluding tert-OH is 2. The summed E-state index contributed by atoms with van der Waals surface area (Å²) in [6, 6.07) is 1.44. The number of hydrogen-bond acceptors (Lipinski definition) is 14. The number of ether oxygens (including phenoxy) is 1. The summed E-state index contributed by atoms with van der Waals surface area (Å²) in [7, 11) is 0. The summed E-state index contributed by atoms with van der Waals surface area (Å²) in [6.45, 7) is -5.34. The van der Waals surface area contributed by atoms with Crippen molar-refractivity contribution in [3.05, 3.63) is 39.3 Å². The van der Waals surface area contributed by atoms with Gasteiger partial charge in [-0.3, -0.25) is 19.1 Å². The van der Waals surface area contributed by atoms with Crippen molar-refractivity contribution in [2.24, 2.45) is 0 Å². The molecule has 22 heteroatoms. The number of hydrogen-bond donors (Lipinski definition) is 6. The zero-order chi connectivity index (χ0) is 30.6. The van der Waals surface area contributed by atoms with Gasteiger partial charge in [0.2, 0.25) is 5.95 Å². The number of thioether (sulfide) groups is 1. The largest absolute Gasteiger partial charge is 0.395 e. The Morgan fingerprint density at radius 1 is 1.26 bits per heavy atom. The van der Waals surface area contributed by atoms with E-state index in [1.807, 2.05) is 0 Å². The average molecular weight is 664 g/mol. The van der Waals surface area contributed by atoms with E-state index in [0.29, 0.717) is 0 Å². The second-order valence-corrected chi connectivity index (χ2v) is 13.9. The number of nitrogens with zero attached hydrogens (tertiary/aromatic N) is 6. The number of H-pyrrole nitrogens is 2. The maximum Gasteiger partial charge on any atom is 0.386 e. The first kappa shape index (κ1) is 30.1. The summed E-state index contributed by atoms with van der Waals surface area (Å²) in [5, 5.41) is 25.8. The predicted octanol–water partition coefficient (Wildman–Crippen LogP) is 0.206. The maximum absolute atomic E-state index is 15.3. The van der Waals surface area contributed by atoms with Crippen LogP contribution in [0.4, 0.5) is 14.7 Å². The minimum absolute atomic E-state index is 0.0916. The van der Waals surface area contributed by atoms with Gasteiger partial charge in [-0.25, -0.2) is 23.0 Å². The number of anilines is 1. The molecule has 6 heterocycles. The highest BCUT2D eigenvalue weighted by Crippen LogP contribution is 2.59. The van der Waals surface area contributed by atoms with Gasteiger partial charge in [-0.1, -0.05) is 17.5 Å². The zero-order valence-electron chi connectivity index (χ0n) is 21.6. The van der Waals surface area contributed by atoms with Crippen LogP contribution in [0.5, 0.6) is 0 Å². The Labute approximate surface area is 247 Å². The van der Waals surface area contributed by atoms with E-state index in [0.717, 1.165) is 22.8 Å². The summed E-state index contributed by atoms with van der Waals surface area (Å²) in [4.78, 5) is 36.9. The van der Waals surface area contributed by atoms with Crippen molar-refractivity contribution >= 4 is 59.0 Å². The highest BCUT2D eigenvalue weighted by atomic mass is 32.7. The van der Waals surface area contributed by atoms with Crippen molar-refractivity contribution in [1.82, 2.24) is 39.5 Å². The summed E-state index contributed by atoms with van der Waals surface area (Å²) in [5.74, 6) is -0.246. The van der Waals surface area contributed by atoms with Gasteiger partial charge in [0.05, 0.1) is 36.3 Å². The lowest BCUT2D eigenvalue weighted by atomic mass is 10.1. The Balaban J connectivity index is 1.14. The van der Waals surface area contributed by atoms with Crippen molar-refractivity contribution in [3.8, 4) is 0 Å². The Morgan fingerprint density at radius 3 is 2.81 bits per heavy atom. The van der Waals surface area contributed by atoms with E-state index in [4.69, 9.17) is 19.5 Å². The van der Waals surface area contributed by atoms with Gasteiger partial charge in [-0.15, -0.1) is 16.9 Å². The number of halogens is 2. The number of aliphatic hydroxyl groups is 2. The monoisotopic (exact) mass is 663 g/mol. The topological polar surface area (TPSA) is 238 Å². The molecule has 9 atom stereocenters. The van der Waals surface area contributed by atoms with Gasteiger partial charge in [0, 0.05) is 12.6 Å². The molecule has 0 aliphatic carbocycles. The van der Waals surface area contributed by atoms with Crippen molar-refractivity contribution in [2.75, 3.05) is 18.9 Å². The van der Waals surface area contributed by atoms with Crippen LogP contribution in [0.2, 0.25) is 0 Å². The fourth-order valence-electron chi connectivity index (χ4n) is 5.00. The minimum Gasteiger partial charge on any atom is -0.395 e. The third-order valence-corrected chi connectivity index (χ3v) is 10.2. The molecule has 2 fully saturated rings. The molecule has 2 aliphatic rings. The molecule has 6 N–H and O–H groups in total. The average Bonchev–Trinajstić information content (AvgIpc) is 3.71. The molecule has 4 aromatic heterocycles. The molecule has 2 aliphatic heterocycles. The molecule has 17 nitrogen and oxygen atoms in total. The van der Waals surface area contributed by atoms with Crippen molar-refractivity contribution < 1.29 is 37.3 Å². The number of thiol groups is 1. The number of nitrogens with one attached hydrogen (secondary N) is 2. The number of alkyl halides is 2. The van der Waals surface area contributed by atoms with Crippen LogP contribution in [0, 0.1) is 0 Å². The fourth-order valence-corrected chi connectivity index (χ4v) is 7.96. The van der Waals surface area contributed by atoms with Gasteiger partial charge < -0.3 is 34.8 Å². The van der Waals surface area contributed by atoms with Crippen LogP contribution in [-0.4, -0.2) is 98.8 Å². The number of aromatic nitrogens is 8. The maximum atomic E-state index is 15.3. The summed E-state index contributed by atoms with van der Waals surface area (Å²) >= 11 is 4.83. The number of aromatic amines is 2. The van der Waals surface area contributed by atoms with Crippen LogP contribution in [0.3, 0.4) is 0 Å². The van der Waals surface area contributed by atoms with Gasteiger partial charge in [-0.2, -0.15) is 4.98 Å². The van der Waals surface area contributed by atoms with E-state index in [2.05, 4.69) is 42.5 Å². The van der Waals surface area contributed by atoms with Crippen LogP contribution in [-0.2, 0) is 18.3 Å². The molecule has 43 heavy (non-hydrogen) atoms. The lowest BCUT2D eigenvalue weighted by Crippen LogP contribution is -2.32. The molecule has 232 valence electrons. The molecule has 2 saturated heterocycles. The molecule has 0 bridgehead atoms. The Morgan fingerprint density at radius 2 is 2.05 bits per heavy atom. The van der Waals surface area contributed by atoms with Crippen LogP contribution >= 0.6 is 30.8 Å². The van der Waals surface area contributed by atoms with E-state index in [-0.39, 0.29) is 34.6 Å². The predicted molar refractivity (Wildman–Crippen MR) is 150 cm³/mol. The van der Waals surface area contributed by atoms with Gasteiger partial charge in [-0.05, 0) is 6.07 Å². The Kier molecular flexibility index (Phi) is 8.09. The zero-order valence-corrected chi connectivity index (χ0v) is 24.2. The third-order valence-electron chi connectivity index (χ3n) is 7.03. The van der Waals surface area contributed by atoms with E-state index in [9.17, 15) is 24.4 Å². The normalized spacial score (nSPS) is 30.8. The van der Waals surface area contributed by atoms with Crippen molar-refractivity contribution in [1.29, 1.82) is 0 Å². The number of fused-ring (bicyclic) bond motifs is 2. The van der Waals surface area contributed by atoms with Crippen molar-refractivity contribution in [2.45, 2.75) is 53.9 Å². The molecular weight excluding hydrogens is 639 g/mol. The molecular formula is C21H24F2N9O8PS2. The highest BCUT2D eigenvalue weighted by molar-refractivity contribution is 8.44. The molecule has 6 rings (SSSR count). The number of nitrogen functional groups attached to an aromatic ring is 1. The molecule has 0 saturated carbocycles. The van der Waals surface area contributed by atoms with Crippen molar-refractivity contribution in [3.63, 3.8) is 0 Å². The van der Waals surface area contributed by atoms with E-state index >= 15 is 8.78 Å². The lowest BCUT2D eigenvalue weighted by Gasteiger charge is -2.24. The smallest absolute Gasteiger partial charge is 0.386 e. The quantitative estimate of drug-likeness (QED) is 0.104. The molecule has 0 amide bonds. The minimum atomic E-state index is -4.33. The van der Waals surface area contributed by atoms with E-state index in [1.165, 1.54) is 16.8 Å². The molecule has 4 aromatic rings. The number of rotatable bonds is 9. The molecule has 0 aromatic carbocycles. The van der Waals surface area contributed by atoms with Crippen LogP contribution in [0.15, 0.2) is 28.2 Å². The Bertz CT molecular complexity index is 1820. The van der Waals surface area contributed by atoms with Gasteiger partial charge >= 0.3 is 6.80 Å². The third kappa shape index (κ3) is 5.48. The second-order valence-electron chi connectivity index (χ2n) is 9.70. The first-order valence-corrected chi connectivity index (χ1v) is 16.3. The van der Waals surface area contributed by atoms with E-state index in [1.54, 1.807) is 0 Å². The van der Waals surface area contributed by atoms with Crippen LogP contribution < -0.4 is 16.9 Å². The summed E-state index contributed by atoms with van der Waals surface area (Å²) in [6.07, 6.45) is -6.96. The molecule has 1 unspecified atom stereocenters. The van der Waals surface area contributed by atoms with Crippen LogP contribution in [0.25, 0.3) is 22.2 Å². The summed E-state index contributed by atoms with van der Waals surface area (Å²) in [5.41, 5.74) is 4.39. The standard InChI is InChI=1S/C21H24F2N9O8PS2/c22-10-9(5-33)43-20(32-16-12(29-30-32)18(36)28-21(24)27-16)14(10)40-41(37,42)38-4-2-8-13(34)11(23)19(39-8)31-3-1-7-15(31)25-6-26-17(7)35/h1,3,6,8-11,13-14,19-20,33-34H,2,4-5H2,(H,37,42)(H,25,26,35)(H3,24,27,28,36)/t8-,9-,10-,11+,13-,14-,19-,20-,41?/m1/s1. The summed E-state index contributed by atoms with van der Waals surface area (Å²) < 4.78 is 62.4. The van der Waals surface area contributed by atoms with E-state index < -0.39 is 78.6 Å². The van der Waals surface area contributed by atoms with Gasteiger partial charge in [0.1, 0.15) is 29.4 Å². The first-order chi connectivity index (χ1) is 20.5. The Hall–Kier alpha value is -2.91. The highest BCUT2D eigenvalue weighted by Gasteiger charge is 2.50. The first-order valence-electron chi connectivity index (χ1n) is 12.7. The molecule has 0 spiro atoms. The van der Waals surface area contributed by atoms with Gasteiger partial charge in [0.15, 0.2) is 23.6 Å².